The molecule has 0 aliphatic heterocycles. The highest BCUT2D eigenvalue weighted by molar-refractivity contribution is 5.96. The minimum absolute atomic E-state index is 0.0627. The van der Waals surface area contributed by atoms with E-state index in [-0.39, 0.29) is 18.3 Å². The number of nitrogens with zero attached hydrogens (tertiary/aromatic N) is 1. The molecule has 3 N–H and O–H groups in total. The van der Waals surface area contributed by atoms with Crippen molar-refractivity contribution in [2.24, 2.45) is 0 Å². The summed E-state index contributed by atoms with van der Waals surface area (Å²) in [6.45, 7) is 2.62. The van der Waals surface area contributed by atoms with Gasteiger partial charge in [0.05, 0.1) is 6.61 Å². The van der Waals surface area contributed by atoms with Crippen molar-refractivity contribution >= 4 is 22.6 Å². The van der Waals surface area contributed by atoms with Crippen molar-refractivity contribution in [3.63, 3.8) is 0 Å². The van der Waals surface area contributed by atoms with Crippen LogP contribution in [-0.4, -0.2) is 35.6 Å². The fraction of sp³-hybridized carbons (Fsp3) is 0.308. The van der Waals surface area contributed by atoms with E-state index in [9.17, 15) is 4.79 Å². The second-order valence-corrected chi connectivity index (χ2v) is 4.02. The molecule has 1 heterocycles. The fourth-order valence-corrected chi connectivity index (χ4v) is 1.85. The molecule has 0 aliphatic rings. The van der Waals surface area contributed by atoms with E-state index < -0.39 is 0 Å². The van der Waals surface area contributed by atoms with Gasteiger partial charge >= 0.3 is 0 Å². The summed E-state index contributed by atoms with van der Waals surface area (Å²) in [5.41, 5.74) is 6.93. The first-order chi connectivity index (χ1) is 8.65. The van der Waals surface area contributed by atoms with Gasteiger partial charge in [-0.3, -0.25) is 4.79 Å². The van der Waals surface area contributed by atoms with E-state index in [2.05, 4.69) is 0 Å². The molecule has 0 radical (unpaired) electrons. The summed E-state index contributed by atoms with van der Waals surface area (Å²) in [4.78, 5) is 13.6. The average molecular weight is 248 g/mol. The first-order valence-electron chi connectivity index (χ1n) is 5.85. The second-order valence-electron chi connectivity index (χ2n) is 4.02. The highest BCUT2D eigenvalue weighted by Gasteiger charge is 2.18. The van der Waals surface area contributed by atoms with E-state index in [1.54, 1.807) is 24.3 Å². The zero-order chi connectivity index (χ0) is 13.1. The summed E-state index contributed by atoms with van der Waals surface area (Å²) in [6, 6.07) is 6.90. The van der Waals surface area contributed by atoms with E-state index in [0.29, 0.717) is 24.4 Å². The number of hydrogen-bond acceptors (Lipinski definition) is 4. The number of rotatable bonds is 4. The SMILES string of the molecule is CCN(CCO)C(=O)c1cc2cc(N)ccc2o1. The molecule has 0 saturated carbocycles. The molecule has 1 aromatic carbocycles. The maximum atomic E-state index is 12.1. The quantitative estimate of drug-likeness (QED) is 0.803. The summed E-state index contributed by atoms with van der Waals surface area (Å²) >= 11 is 0. The van der Waals surface area contributed by atoms with Crippen LogP contribution in [0.3, 0.4) is 0 Å². The van der Waals surface area contributed by atoms with Gasteiger partial charge in [-0.15, -0.1) is 0 Å². The van der Waals surface area contributed by atoms with Gasteiger partial charge in [-0.2, -0.15) is 0 Å². The molecule has 0 atom stereocenters. The van der Waals surface area contributed by atoms with Crippen LogP contribution in [0.1, 0.15) is 17.5 Å². The molecule has 18 heavy (non-hydrogen) atoms. The lowest BCUT2D eigenvalue weighted by Gasteiger charge is -2.17. The monoisotopic (exact) mass is 248 g/mol. The lowest BCUT2D eigenvalue weighted by atomic mass is 10.2. The Balaban J connectivity index is 2.32. The molecule has 0 bridgehead atoms. The van der Waals surface area contributed by atoms with Crippen molar-refractivity contribution < 1.29 is 14.3 Å². The van der Waals surface area contributed by atoms with Gasteiger partial charge < -0.3 is 20.2 Å². The molecule has 0 unspecified atom stereocenters. The van der Waals surface area contributed by atoms with Crippen LogP contribution < -0.4 is 5.73 Å². The number of benzene rings is 1. The Morgan fingerprint density at radius 1 is 1.44 bits per heavy atom. The summed E-state index contributed by atoms with van der Waals surface area (Å²) < 4.78 is 5.49. The molecule has 1 amide bonds. The number of anilines is 1. The van der Waals surface area contributed by atoms with Gasteiger partial charge in [0.15, 0.2) is 5.76 Å². The number of nitrogens with two attached hydrogens (primary N) is 1. The van der Waals surface area contributed by atoms with E-state index in [1.165, 1.54) is 4.90 Å². The number of nitrogen functional groups attached to an aromatic ring is 1. The average Bonchev–Trinajstić information content (AvgIpc) is 2.77. The van der Waals surface area contributed by atoms with Crippen LogP contribution in [0.15, 0.2) is 28.7 Å². The van der Waals surface area contributed by atoms with Gasteiger partial charge in [0.25, 0.3) is 5.91 Å². The van der Waals surface area contributed by atoms with Crippen molar-refractivity contribution in [2.75, 3.05) is 25.4 Å². The summed E-state index contributed by atoms with van der Waals surface area (Å²) in [5, 5.41) is 9.70. The lowest BCUT2D eigenvalue weighted by Crippen LogP contribution is -2.33. The molecule has 1 aromatic heterocycles. The van der Waals surface area contributed by atoms with Gasteiger partial charge in [-0.1, -0.05) is 0 Å². The Morgan fingerprint density at radius 2 is 2.22 bits per heavy atom. The summed E-state index contributed by atoms with van der Waals surface area (Å²) in [6.07, 6.45) is 0. The third-order valence-corrected chi connectivity index (χ3v) is 2.79. The number of fused-ring (bicyclic) bond motifs is 1. The van der Waals surface area contributed by atoms with Crippen molar-refractivity contribution in [1.82, 2.24) is 4.90 Å². The Bertz CT molecular complexity index is 562. The van der Waals surface area contributed by atoms with Gasteiger partial charge in [0.1, 0.15) is 5.58 Å². The maximum Gasteiger partial charge on any atom is 0.289 e. The minimum atomic E-state index is -0.221. The Hall–Kier alpha value is -2.01. The smallest absolute Gasteiger partial charge is 0.289 e. The van der Waals surface area contributed by atoms with Gasteiger partial charge in [0.2, 0.25) is 0 Å². The van der Waals surface area contributed by atoms with Crippen LogP contribution in [0.5, 0.6) is 0 Å². The number of hydrogen-bond donors (Lipinski definition) is 2. The molecule has 0 aliphatic carbocycles. The molecular weight excluding hydrogens is 232 g/mol. The maximum absolute atomic E-state index is 12.1. The summed E-state index contributed by atoms with van der Waals surface area (Å²) in [5.74, 6) is 0.0484. The first-order valence-corrected chi connectivity index (χ1v) is 5.85. The van der Waals surface area contributed by atoms with Crippen LogP contribution in [0.2, 0.25) is 0 Å². The number of furan rings is 1. The summed E-state index contributed by atoms with van der Waals surface area (Å²) in [7, 11) is 0. The molecule has 5 heteroatoms. The molecule has 0 fully saturated rings. The number of likely N-dealkylation sites (N-methyl/N-ethyl adjacent to an activating group) is 1. The highest BCUT2D eigenvalue weighted by atomic mass is 16.3. The number of aliphatic hydroxyl groups excluding tert-OH is 1. The number of aliphatic hydroxyl groups is 1. The van der Waals surface area contributed by atoms with Crippen LogP contribution in [0.4, 0.5) is 5.69 Å². The van der Waals surface area contributed by atoms with E-state index in [1.807, 2.05) is 6.92 Å². The molecule has 2 aromatic rings. The normalized spacial score (nSPS) is 10.8. The van der Waals surface area contributed by atoms with Crippen LogP contribution >= 0.6 is 0 Å². The van der Waals surface area contributed by atoms with Crippen LogP contribution in [-0.2, 0) is 0 Å². The van der Waals surface area contributed by atoms with Gasteiger partial charge in [-0.05, 0) is 31.2 Å². The standard InChI is InChI=1S/C13H16N2O3/c1-2-15(5-6-16)13(17)12-8-9-7-10(14)3-4-11(9)18-12/h3-4,7-8,16H,2,5-6,14H2,1H3. The van der Waals surface area contributed by atoms with E-state index >= 15 is 0 Å². The molecule has 0 saturated heterocycles. The highest BCUT2D eigenvalue weighted by Crippen LogP contribution is 2.22. The fourth-order valence-electron chi connectivity index (χ4n) is 1.85. The van der Waals surface area contributed by atoms with Gasteiger partial charge in [-0.25, -0.2) is 0 Å². The zero-order valence-corrected chi connectivity index (χ0v) is 10.2. The van der Waals surface area contributed by atoms with E-state index in [0.717, 1.165) is 5.39 Å². The largest absolute Gasteiger partial charge is 0.451 e. The van der Waals surface area contributed by atoms with Crippen LogP contribution in [0.25, 0.3) is 11.0 Å². The molecule has 5 nitrogen and oxygen atoms in total. The third-order valence-electron chi connectivity index (χ3n) is 2.79. The number of amides is 1. The Labute approximate surface area is 105 Å². The van der Waals surface area contributed by atoms with Crippen LogP contribution in [0, 0.1) is 0 Å². The number of carbonyl (C=O) groups excluding carboxylic acids is 1. The Morgan fingerprint density at radius 3 is 2.89 bits per heavy atom. The van der Waals surface area contributed by atoms with Crippen molar-refractivity contribution in [2.45, 2.75) is 6.92 Å². The van der Waals surface area contributed by atoms with E-state index in [4.69, 9.17) is 15.3 Å². The number of carbonyl (C=O) groups is 1. The lowest BCUT2D eigenvalue weighted by molar-refractivity contribution is 0.0702. The Kier molecular flexibility index (Phi) is 3.53. The zero-order valence-electron chi connectivity index (χ0n) is 10.2. The van der Waals surface area contributed by atoms with Crippen molar-refractivity contribution in [3.8, 4) is 0 Å². The predicted molar refractivity (Wildman–Crippen MR) is 69.3 cm³/mol. The predicted octanol–water partition coefficient (Wildman–Crippen LogP) is 1.47. The second kappa shape index (κ2) is 5.10. The minimum Gasteiger partial charge on any atom is -0.451 e. The first kappa shape index (κ1) is 12.4. The van der Waals surface area contributed by atoms with Crippen molar-refractivity contribution in [3.05, 3.63) is 30.0 Å². The molecule has 0 spiro atoms. The topological polar surface area (TPSA) is 79.7 Å². The van der Waals surface area contributed by atoms with Gasteiger partial charge in [0, 0.05) is 24.2 Å². The molecule has 2 rings (SSSR count). The third kappa shape index (κ3) is 2.31. The van der Waals surface area contributed by atoms with Crippen molar-refractivity contribution in [1.29, 1.82) is 0 Å². The molecular formula is C13H16N2O3. The molecule has 96 valence electrons.